The van der Waals surface area contributed by atoms with Crippen LogP contribution in [-0.4, -0.2) is 15.0 Å². The lowest BCUT2D eigenvalue weighted by Crippen LogP contribution is -2.08. The Balaban J connectivity index is 2.66. The van der Waals surface area contributed by atoms with Crippen LogP contribution in [0.3, 0.4) is 0 Å². The molecule has 0 radical (unpaired) electrons. The van der Waals surface area contributed by atoms with Gasteiger partial charge in [-0.05, 0) is 18.2 Å². The zero-order valence-corrected chi connectivity index (χ0v) is 7.24. The molecule has 0 atom stereocenters. The maximum Gasteiger partial charge on any atom is 0.323 e. The molecular formula is C10H7N3O. The van der Waals surface area contributed by atoms with Crippen LogP contribution in [0.5, 0.6) is 0 Å². The molecule has 0 saturated carbocycles. The van der Waals surface area contributed by atoms with E-state index in [2.05, 4.69) is 15.0 Å². The number of H-pyrrole nitrogens is 2. The molecule has 4 heteroatoms. The Kier molecular flexibility index (Phi) is 1.28. The van der Waals surface area contributed by atoms with Gasteiger partial charge in [0.05, 0.1) is 11.0 Å². The number of hydrogen-bond acceptors (Lipinski definition) is 2. The van der Waals surface area contributed by atoms with Crippen LogP contribution in [0.25, 0.3) is 21.8 Å². The summed E-state index contributed by atoms with van der Waals surface area (Å²) in [5, 5.41) is 1.96. The topological polar surface area (TPSA) is 61.5 Å². The molecule has 0 saturated heterocycles. The summed E-state index contributed by atoms with van der Waals surface area (Å²) in [6, 6.07) is 5.76. The number of nitrogens with zero attached hydrogens (tertiary/aromatic N) is 1. The van der Waals surface area contributed by atoms with E-state index in [9.17, 15) is 4.79 Å². The second kappa shape index (κ2) is 2.45. The molecule has 4 nitrogen and oxygen atoms in total. The number of benzene rings is 1. The molecule has 0 bridgehead atoms. The van der Waals surface area contributed by atoms with Gasteiger partial charge in [0.2, 0.25) is 0 Å². The van der Waals surface area contributed by atoms with Crippen LogP contribution in [0.1, 0.15) is 0 Å². The van der Waals surface area contributed by atoms with Gasteiger partial charge >= 0.3 is 5.69 Å². The number of hydrogen-bond donors (Lipinski definition) is 2. The van der Waals surface area contributed by atoms with Gasteiger partial charge in [-0.15, -0.1) is 0 Å². The van der Waals surface area contributed by atoms with E-state index < -0.39 is 0 Å². The van der Waals surface area contributed by atoms with Gasteiger partial charge in [0, 0.05) is 23.2 Å². The second-order valence-electron chi connectivity index (χ2n) is 3.15. The zero-order valence-electron chi connectivity index (χ0n) is 7.24. The van der Waals surface area contributed by atoms with Gasteiger partial charge in [-0.2, -0.15) is 0 Å². The van der Waals surface area contributed by atoms with Gasteiger partial charge in [0.25, 0.3) is 0 Å². The molecule has 3 aromatic rings. The molecule has 0 spiro atoms. The summed E-state index contributed by atoms with van der Waals surface area (Å²) < 4.78 is 0. The summed E-state index contributed by atoms with van der Waals surface area (Å²) in [6.45, 7) is 0. The molecule has 0 aliphatic heterocycles. The number of fused-ring (bicyclic) bond motifs is 3. The Labute approximate surface area is 78.6 Å². The van der Waals surface area contributed by atoms with Crippen molar-refractivity contribution >= 4 is 21.8 Å². The number of aromatic nitrogens is 3. The van der Waals surface area contributed by atoms with Gasteiger partial charge in [-0.1, -0.05) is 0 Å². The SMILES string of the molecule is O=c1[nH]cc2ccc3nccc3c2[nH]1. The maximum absolute atomic E-state index is 11.1. The lowest BCUT2D eigenvalue weighted by molar-refractivity contribution is 1.12. The first-order valence-corrected chi connectivity index (χ1v) is 4.30. The average Bonchev–Trinajstić information content (AvgIpc) is 2.65. The predicted molar refractivity (Wildman–Crippen MR) is 54.2 cm³/mol. The van der Waals surface area contributed by atoms with E-state index in [1.54, 1.807) is 12.4 Å². The molecule has 68 valence electrons. The van der Waals surface area contributed by atoms with Gasteiger partial charge < -0.3 is 9.97 Å². The highest BCUT2D eigenvalue weighted by molar-refractivity contribution is 6.03. The van der Waals surface area contributed by atoms with E-state index in [-0.39, 0.29) is 5.69 Å². The Bertz CT molecular complexity index is 665. The van der Waals surface area contributed by atoms with Crippen LogP contribution < -0.4 is 5.69 Å². The molecular weight excluding hydrogens is 178 g/mol. The summed E-state index contributed by atoms with van der Waals surface area (Å²) in [4.78, 5) is 20.7. The molecule has 0 fully saturated rings. The van der Waals surface area contributed by atoms with E-state index in [0.717, 1.165) is 21.8 Å². The van der Waals surface area contributed by atoms with Crippen LogP contribution in [0.2, 0.25) is 0 Å². The average molecular weight is 185 g/mol. The Morgan fingerprint density at radius 1 is 1.21 bits per heavy atom. The molecule has 0 aliphatic rings. The zero-order chi connectivity index (χ0) is 9.54. The van der Waals surface area contributed by atoms with Gasteiger partial charge in [0.15, 0.2) is 0 Å². The highest BCUT2D eigenvalue weighted by atomic mass is 16.1. The minimum atomic E-state index is -0.203. The van der Waals surface area contributed by atoms with Crippen molar-refractivity contribution in [3.05, 3.63) is 41.1 Å². The molecule has 0 amide bonds. The molecule has 0 unspecified atom stereocenters. The quantitative estimate of drug-likeness (QED) is 0.556. The summed E-state index contributed by atoms with van der Waals surface area (Å²) in [6.07, 6.45) is 3.43. The molecule has 14 heavy (non-hydrogen) atoms. The first-order chi connectivity index (χ1) is 6.84. The fourth-order valence-corrected chi connectivity index (χ4v) is 1.65. The normalized spacial score (nSPS) is 11.1. The van der Waals surface area contributed by atoms with Crippen molar-refractivity contribution in [1.29, 1.82) is 0 Å². The third-order valence-electron chi connectivity index (χ3n) is 2.31. The second-order valence-corrected chi connectivity index (χ2v) is 3.15. The Morgan fingerprint density at radius 2 is 2.14 bits per heavy atom. The standard InChI is InChI=1S/C10H7N3O/c14-10-12-5-6-1-2-8-7(3-4-11-8)9(6)13-10/h1-5H,(H2,12,13,14). The molecule has 0 aliphatic carbocycles. The van der Waals surface area contributed by atoms with E-state index in [1.165, 1.54) is 0 Å². The number of rotatable bonds is 0. The molecule has 3 rings (SSSR count). The Hall–Kier alpha value is -2.10. The molecule has 1 aromatic carbocycles. The minimum absolute atomic E-state index is 0.203. The van der Waals surface area contributed by atoms with E-state index in [1.807, 2.05) is 18.2 Å². The minimum Gasteiger partial charge on any atom is -0.314 e. The molecule has 2 heterocycles. The van der Waals surface area contributed by atoms with Crippen LogP contribution in [-0.2, 0) is 0 Å². The van der Waals surface area contributed by atoms with E-state index in [4.69, 9.17) is 0 Å². The van der Waals surface area contributed by atoms with Gasteiger partial charge in [0.1, 0.15) is 0 Å². The van der Waals surface area contributed by atoms with Crippen LogP contribution in [0.4, 0.5) is 0 Å². The van der Waals surface area contributed by atoms with Crippen molar-refractivity contribution in [2.45, 2.75) is 0 Å². The first-order valence-electron chi connectivity index (χ1n) is 4.30. The van der Waals surface area contributed by atoms with Crippen molar-refractivity contribution in [3.63, 3.8) is 0 Å². The number of nitrogens with one attached hydrogen (secondary N) is 2. The van der Waals surface area contributed by atoms with Crippen LogP contribution >= 0.6 is 0 Å². The smallest absolute Gasteiger partial charge is 0.314 e. The fourth-order valence-electron chi connectivity index (χ4n) is 1.65. The first kappa shape index (κ1) is 7.32. The highest BCUT2D eigenvalue weighted by Gasteiger charge is 2.01. The third-order valence-corrected chi connectivity index (χ3v) is 2.31. The summed E-state index contributed by atoms with van der Waals surface area (Å²) in [5.74, 6) is 0. The lowest BCUT2D eigenvalue weighted by atomic mass is 10.2. The Morgan fingerprint density at radius 3 is 3.07 bits per heavy atom. The van der Waals surface area contributed by atoms with Crippen molar-refractivity contribution < 1.29 is 0 Å². The van der Waals surface area contributed by atoms with Crippen molar-refractivity contribution in [2.24, 2.45) is 0 Å². The van der Waals surface area contributed by atoms with Crippen molar-refractivity contribution in [1.82, 2.24) is 15.0 Å². The molecule has 2 aromatic heterocycles. The lowest BCUT2D eigenvalue weighted by Gasteiger charge is -1.97. The monoisotopic (exact) mass is 185 g/mol. The van der Waals surface area contributed by atoms with E-state index in [0.29, 0.717) is 0 Å². The van der Waals surface area contributed by atoms with Crippen LogP contribution in [0.15, 0.2) is 35.4 Å². The van der Waals surface area contributed by atoms with Crippen molar-refractivity contribution in [3.8, 4) is 0 Å². The third kappa shape index (κ3) is 0.877. The van der Waals surface area contributed by atoms with Crippen LogP contribution in [0, 0.1) is 0 Å². The fraction of sp³-hybridized carbons (Fsp3) is 0. The summed E-state index contributed by atoms with van der Waals surface area (Å²) >= 11 is 0. The predicted octanol–water partition coefficient (Wildman–Crippen LogP) is 1.40. The summed E-state index contributed by atoms with van der Waals surface area (Å²) in [5.41, 5.74) is 1.54. The maximum atomic E-state index is 11.1. The highest BCUT2D eigenvalue weighted by Crippen LogP contribution is 2.20. The largest absolute Gasteiger partial charge is 0.323 e. The number of aromatic amines is 2. The van der Waals surface area contributed by atoms with E-state index >= 15 is 0 Å². The summed E-state index contributed by atoms with van der Waals surface area (Å²) in [7, 11) is 0. The van der Waals surface area contributed by atoms with Gasteiger partial charge in [-0.25, -0.2) is 4.79 Å². The molecule has 2 N–H and O–H groups in total. The van der Waals surface area contributed by atoms with Crippen molar-refractivity contribution in [2.75, 3.05) is 0 Å². The van der Waals surface area contributed by atoms with Gasteiger partial charge in [-0.3, -0.25) is 4.98 Å².